The van der Waals surface area contributed by atoms with Crippen molar-refractivity contribution >= 4 is 29.1 Å². The van der Waals surface area contributed by atoms with E-state index in [0.29, 0.717) is 28.3 Å². The fraction of sp³-hybridized carbons (Fsp3) is 0.444. The molecular formula is C18H16ClNO3. The number of rotatable bonds is 2. The molecule has 0 spiro atoms. The minimum atomic E-state index is -0.204. The summed E-state index contributed by atoms with van der Waals surface area (Å²) in [5, 5.41) is 0.486. The average molecular weight is 330 g/mol. The van der Waals surface area contributed by atoms with Crippen molar-refractivity contribution in [3.05, 3.63) is 35.4 Å². The van der Waals surface area contributed by atoms with E-state index in [1.165, 1.54) is 12.0 Å². The van der Waals surface area contributed by atoms with Gasteiger partial charge in [0.1, 0.15) is 5.75 Å². The highest BCUT2D eigenvalue weighted by molar-refractivity contribution is 6.31. The van der Waals surface area contributed by atoms with Gasteiger partial charge in [-0.15, -0.1) is 0 Å². The topological polar surface area (TPSA) is 46.6 Å². The number of carbonyl (C=O) groups is 2. The van der Waals surface area contributed by atoms with Crippen LogP contribution in [0.15, 0.2) is 30.4 Å². The van der Waals surface area contributed by atoms with Crippen LogP contribution in [0.3, 0.4) is 0 Å². The predicted molar refractivity (Wildman–Crippen MR) is 85.2 cm³/mol. The Morgan fingerprint density at radius 3 is 2.26 bits per heavy atom. The number of nitrogens with zero attached hydrogens (tertiary/aromatic N) is 1. The van der Waals surface area contributed by atoms with Crippen LogP contribution in [0.5, 0.6) is 5.75 Å². The Kier molecular flexibility index (Phi) is 2.59. The van der Waals surface area contributed by atoms with Crippen LogP contribution in [0.25, 0.3) is 0 Å². The third-order valence-corrected chi connectivity index (χ3v) is 6.28. The Morgan fingerprint density at radius 1 is 1.09 bits per heavy atom. The van der Waals surface area contributed by atoms with Gasteiger partial charge in [-0.25, -0.2) is 4.90 Å². The molecule has 1 aromatic carbocycles. The highest BCUT2D eigenvalue weighted by Gasteiger charge is 2.67. The van der Waals surface area contributed by atoms with Crippen LogP contribution >= 0.6 is 11.6 Å². The maximum atomic E-state index is 13.1. The number of halogens is 1. The molecule has 0 unspecified atom stereocenters. The number of ether oxygens (including phenoxy) is 1. The van der Waals surface area contributed by atoms with Crippen molar-refractivity contribution in [1.82, 2.24) is 0 Å². The second-order valence-corrected chi connectivity index (χ2v) is 7.42. The third kappa shape index (κ3) is 1.62. The van der Waals surface area contributed by atoms with Crippen LogP contribution in [0, 0.1) is 35.5 Å². The van der Waals surface area contributed by atoms with Crippen molar-refractivity contribution in [3.63, 3.8) is 0 Å². The van der Waals surface area contributed by atoms with E-state index in [9.17, 15) is 9.59 Å². The summed E-state index contributed by atoms with van der Waals surface area (Å²) in [6, 6.07) is 5.04. The third-order valence-electron chi connectivity index (χ3n) is 6.04. The zero-order valence-corrected chi connectivity index (χ0v) is 13.4. The zero-order valence-electron chi connectivity index (χ0n) is 12.6. The lowest BCUT2D eigenvalue weighted by molar-refractivity contribution is -0.124. The normalized spacial score (nSPS) is 39.5. The summed E-state index contributed by atoms with van der Waals surface area (Å²) < 4.78 is 5.34. The summed E-state index contributed by atoms with van der Waals surface area (Å²) >= 11 is 6.08. The molecule has 1 heterocycles. The molecule has 4 aliphatic carbocycles. The number of amides is 2. The molecule has 4 nitrogen and oxygen atoms in total. The number of methoxy groups -OCH3 is 1. The lowest BCUT2D eigenvalue weighted by atomic mass is 9.63. The van der Waals surface area contributed by atoms with Gasteiger partial charge in [-0.3, -0.25) is 9.59 Å². The van der Waals surface area contributed by atoms with Crippen molar-refractivity contribution in [2.24, 2.45) is 35.5 Å². The fourth-order valence-corrected chi connectivity index (χ4v) is 5.20. The number of carbonyl (C=O) groups excluding carboxylic acids is 2. The second kappa shape index (κ2) is 4.38. The Bertz CT molecular complexity index is 738. The molecule has 1 aliphatic heterocycles. The number of allylic oxidation sites excluding steroid dienone is 2. The fourth-order valence-electron chi connectivity index (χ4n) is 5.03. The minimum Gasteiger partial charge on any atom is -0.495 e. The van der Waals surface area contributed by atoms with Crippen molar-refractivity contribution in [1.29, 1.82) is 0 Å². The highest BCUT2D eigenvalue weighted by Crippen LogP contribution is 2.65. The SMILES string of the molecule is COc1ccc(Cl)cc1N1C(=O)[C@@H]2[C@H]3C=C[C@@H]([C@@H]4C[C@H]34)[C@@H]2C1=O. The molecule has 118 valence electrons. The van der Waals surface area contributed by atoms with Gasteiger partial charge in [-0.2, -0.15) is 0 Å². The highest BCUT2D eigenvalue weighted by atomic mass is 35.5. The van der Waals surface area contributed by atoms with Crippen LogP contribution in [-0.4, -0.2) is 18.9 Å². The van der Waals surface area contributed by atoms with Gasteiger partial charge >= 0.3 is 0 Å². The molecule has 1 aromatic rings. The molecule has 2 amide bonds. The molecule has 1 saturated heterocycles. The van der Waals surface area contributed by atoms with E-state index in [4.69, 9.17) is 16.3 Å². The van der Waals surface area contributed by atoms with E-state index in [-0.39, 0.29) is 35.5 Å². The van der Waals surface area contributed by atoms with Gasteiger partial charge in [0.25, 0.3) is 0 Å². The van der Waals surface area contributed by atoms with Crippen LogP contribution < -0.4 is 9.64 Å². The predicted octanol–water partition coefficient (Wildman–Crippen LogP) is 2.91. The second-order valence-electron chi connectivity index (χ2n) is 6.98. The molecule has 0 radical (unpaired) electrons. The molecular weight excluding hydrogens is 314 g/mol. The maximum absolute atomic E-state index is 13.1. The van der Waals surface area contributed by atoms with Crippen molar-refractivity contribution in [2.45, 2.75) is 6.42 Å². The molecule has 5 aliphatic rings. The Hall–Kier alpha value is -1.81. The van der Waals surface area contributed by atoms with Crippen LogP contribution in [-0.2, 0) is 9.59 Å². The van der Waals surface area contributed by atoms with Crippen LogP contribution in [0.1, 0.15) is 6.42 Å². The van der Waals surface area contributed by atoms with Crippen molar-refractivity contribution in [2.75, 3.05) is 12.0 Å². The van der Waals surface area contributed by atoms with Crippen LogP contribution in [0.4, 0.5) is 5.69 Å². The quantitative estimate of drug-likeness (QED) is 0.619. The Labute approximate surface area is 139 Å². The minimum absolute atomic E-state index is 0.0923. The van der Waals surface area contributed by atoms with Gasteiger partial charge < -0.3 is 4.74 Å². The van der Waals surface area contributed by atoms with Crippen LogP contribution in [0.2, 0.25) is 5.02 Å². The van der Waals surface area contributed by atoms with Crippen molar-refractivity contribution in [3.8, 4) is 5.75 Å². The molecule has 23 heavy (non-hydrogen) atoms. The summed E-state index contributed by atoms with van der Waals surface area (Å²) in [7, 11) is 1.53. The van der Waals surface area contributed by atoms with Gasteiger partial charge in [0.2, 0.25) is 11.8 Å². The van der Waals surface area contributed by atoms with Gasteiger partial charge in [0.15, 0.2) is 0 Å². The molecule has 3 fully saturated rings. The van der Waals surface area contributed by atoms with E-state index in [0.717, 1.165) is 6.42 Å². The molecule has 2 bridgehead atoms. The summed E-state index contributed by atoms with van der Waals surface area (Å²) in [5.74, 6) is 1.56. The zero-order chi connectivity index (χ0) is 15.9. The van der Waals surface area contributed by atoms with Gasteiger partial charge in [-0.05, 0) is 48.3 Å². The number of benzene rings is 1. The first-order valence-electron chi connectivity index (χ1n) is 8.01. The van der Waals surface area contributed by atoms with E-state index in [2.05, 4.69) is 12.2 Å². The lowest BCUT2D eigenvalue weighted by Crippen LogP contribution is -2.40. The number of imide groups is 1. The Balaban J connectivity index is 1.61. The summed E-state index contributed by atoms with van der Waals surface area (Å²) in [6.07, 6.45) is 5.50. The first kappa shape index (κ1) is 13.6. The summed E-state index contributed by atoms with van der Waals surface area (Å²) in [6.45, 7) is 0. The van der Waals surface area contributed by atoms with Gasteiger partial charge in [0.05, 0.1) is 24.6 Å². The largest absolute Gasteiger partial charge is 0.495 e. The average Bonchev–Trinajstić information content (AvgIpc) is 3.32. The van der Waals surface area contributed by atoms with Gasteiger partial charge in [-0.1, -0.05) is 23.8 Å². The Morgan fingerprint density at radius 2 is 1.70 bits per heavy atom. The first-order valence-corrected chi connectivity index (χ1v) is 8.39. The maximum Gasteiger partial charge on any atom is 0.238 e. The van der Waals surface area contributed by atoms with E-state index >= 15 is 0 Å². The number of hydrogen-bond acceptors (Lipinski definition) is 3. The monoisotopic (exact) mass is 329 g/mol. The van der Waals surface area contributed by atoms with E-state index in [1.54, 1.807) is 18.2 Å². The first-order chi connectivity index (χ1) is 11.1. The number of anilines is 1. The number of hydrogen-bond donors (Lipinski definition) is 0. The van der Waals surface area contributed by atoms with Gasteiger partial charge in [0, 0.05) is 5.02 Å². The summed E-state index contributed by atoms with van der Waals surface area (Å²) in [5.41, 5.74) is 0.470. The lowest BCUT2D eigenvalue weighted by Gasteiger charge is -2.37. The smallest absolute Gasteiger partial charge is 0.238 e. The van der Waals surface area contributed by atoms with E-state index < -0.39 is 0 Å². The molecule has 6 rings (SSSR count). The molecule has 0 N–H and O–H groups in total. The van der Waals surface area contributed by atoms with Crippen molar-refractivity contribution < 1.29 is 14.3 Å². The molecule has 0 aromatic heterocycles. The van der Waals surface area contributed by atoms with E-state index in [1.807, 2.05) is 0 Å². The standard InChI is InChI=1S/C18H16ClNO3/c1-23-14-5-2-8(19)6-13(14)20-17(21)15-9-3-4-10(12-7-11(9)12)16(15)18(20)22/h2-6,9-12,15-16H,7H2,1H3/t9-,10-,11-,12+,15-,16+/m0/s1. The molecule has 6 atom stereocenters. The molecule has 5 heteroatoms. The summed E-state index contributed by atoms with van der Waals surface area (Å²) in [4.78, 5) is 27.4. The molecule has 2 saturated carbocycles.